The van der Waals surface area contributed by atoms with Crippen LogP contribution in [0, 0.1) is 10.1 Å². The van der Waals surface area contributed by atoms with Crippen molar-refractivity contribution in [1.82, 2.24) is 0 Å². The minimum absolute atomic E-state index is 0.0300. The zero-order valence-corrected chi connectivity index (χ0v) is 9.18. The summed E-state index contributed by atoms with van der Waals surface area (Å²) in [6.07, 6.45) is 0.219. The lowest BCUT2D eigenvalue weighted by atomic mass is 10.1. The molecular weight excluding hydrogens is 266 g/mol. The molecule has 0 unspecified atom stereocenters. The van der Waals surface area contributed by atoms with E-state index in [9.17, 15) is 14.9 Å². The molecule has 0 heterocycles. The van der Waals surface area contributed by atoms with Crippen molar-refractivity contribution in [2.24, 2.45) is 0 Å². The first-order valence-corrected chi connectivity index (χ1v) is 5.02. The van der Waals surface area contributed by atoms with Gasteiger partial charge in [-0.2, -0.15) is 0 Å². The number of non-ortho nitro benzene ring substituents is 1. The second kappa shape index (κ2) is 4.88. The smallest absolute Gasteiger partial charge is 0.317 e. The van der Waals surface area contributed by atoms with Gasteiger partial charge in [-0.1, -0.05) is 28.1 Å². The number of hydrogen-bond donors (Lipinski definition) is 1. The number of nitrogens with zero attached hydrogens (tertiary/aromatic N) is 1. The first-order valence-electron chi connectivity index (χ1n) is 4.11. The van der Waals surface area contributed by atoms with Crippen LogP contribution in [-0.4, -0.2) is 20.8 Å². The van der Waals surface area contributed by atoms with Crippen molar-refractivity contribution in [2.45, 2.75) is 11.2 Å². The van der Waals surface area contributed by atoms with Crippen LogP contribution in [0.3, 0.4) is 0 Å². The van der Waals surface area contributed by atoms with Crippen molar-refractivity contribution in [3.63, 3.8) is 0 Å². The van der Waals surface area contributed by atoms with E-state index in [0.29, 0.717) is 5.56 Å². The maximum Gasteiger partial charge on any atom is 0.317 e. The highest BCUT2D eigenvalue weighted by molar-refractivity contribution is 9.10. The van der Waals surface area contributed by atoms with E-state index in [2.05, 4.69) is 15.9 Å². The summed E-state index contributed by atoms with van der Waals surface area (Å²) in [5.41, 5.74) is 0.589. The number of carbonyl (C=O) groups is 1. The third kappa shape index (κ3) is 3.32. The molecule has 6 heteroatoms. The summed E-state index contributed by atoms with van der Waals surface area (Å²) in [5.74, 6) is -0.985. The fourth-order valence-electron chi connectivity index (χ4n) is 1.09. The van der Waals surface area contributed by atoms with E-state index < -0.39 is 15.7 Å². The van der Waals surface area contributed by atoms with Crippen molar-refractivity contribution in [3.8, 4) is 0 Å². The molecule has 1 aromatic rings. The Bertz CT molecular complexity index is 393. The molecule has 0 aromatic heterocycles. The van der Waals surface area contributed by atoms with Crippen LogP contribution < -0.4 is 0 Å². The van der Waals surface area contributed by atoms with Crippen LogP contribution in [0.15, 0.2) is 24.3 Å². The zero-order chi connectivity index (χ0) is 11.4. The lowest BCUT2D eigenvalue weighted by molar-refractivity contribution is -0.384. The average molecular weight is 274 g/mol. The highest BCUT2D eigenvalue weighted by atomic mass is 79.9. The van der Waals surface area contributed by atoms with Gasteiger partial charge in [0.15, 0.2) is 0 Å². The van der Waals surface area contributed by atoms with Gasteiger partial charge in [-0.05, 0) is 12.0 Å². The van der Waals surface area contributed by atoms with Gasteiger partial charge in [0.05, 0.1) is 4.92 Å². The number of nitro groups is 1. The van der Waals surface area contributed by atoms with Crippen LogP contribution in [0.4, 0.5) is 5.69 Å². The molecule has 0 spiro atoms. The average Bonchev–Trinajstić information content (AvgIpc) is 2.18. The lowest BCUT2D eigenvalue weighted by Crippen LogP contribution is -2.15. The molecule has 0 saturated heterocycles. The Balaban J connectivity index is 2.82. The van der Waals surface area contributed by atoms with Gasteiger partial charge in [0.2, 0.25) is 0 Å². The third-order valence-electron chi connectivity index (χ3n) is 1.80. The molecule has 0 saturated carbocycles. The fourth-order valence-corrected chi connectivity index (χ4v) is 1.47. The minimum Gasteiger partial charge on any atom is -0.480 e. The Morgan fingerprint density at radius 2 is 2.27 bits per heavy atom. The molecule has 0 radical (unpaired) electrons. The summed E-state index contributed by atoms with van der Waals surface area (Å²) in [6, 6.07) is 5.93. The molecule has 0 fully saturated rings. The summed E-state index contributed by atoms with van der Waals surface area (Å²) < 4.78 is 0. The monoisotopic (exact) mass is 273 g/mol. The van der Waals surface area contributed by atoms with Crippen molar-refractivity contribution < 1.29 is 14.8 Å². The summed E-state index contributed by atoms with van der Waals surface area (Å²) in [6.45, 7) is 0. The van der Waals surface area contributed by atoms with E-state index in [0.717, 1.165) is 0 Å². The normalized spacial score (nSPS) is 12.1. The molecule has 0 aliphatic carbocycles. The summed E-state index contributed by atoms with van der Waals surface area (Å²) in [5, 5.41) is 19.1. The van der Waals surface area contributed by atoms with Gasteiger partial charge in [-0.25, -0.2) is 0 Å². The molecule has 1 aromatic carbocycles. The zero-order valence-electron chi connectivity index (χ0n) is 7.59. The van der Waals surface area contributed by atoms with Gasteiger partial charge in [-0.15, -0.1) is 0 Å². The molecule has 80 valence electrons. The van der Waals surface area contributed by atoms with E-state index in [4.69, 9.17) is 5.11 Å². The lowest BCUT2D eigenvalue weighted by Gasteiger charge is -2.03. The molecule has 0 bridgehead atoms. The number of aliphatic carboxylic acids is 1. The fraction of sp³-hybridized carbons (Fsp3) is 0.222. The number of hydrogen-bond acceptors (Lipinski definition) is 3. The number of alkyl halides is 1. The molecule has 1 N–H and O–H groups in total. The van der Waals surface area contributed by atoms with E-state index in [1.165, 1.54) is 18.2 Å². The molecular formula is C9H8BrNO4. The number of carboxylic acids is 1. The Hall–Kier alpha value is -1.43. The summed E-state index contributed by atoms with van der Waals surface area (Å²) in [7, 11) is 0. The third-order valence-corrected chi connectivity index (χ3v) is 2.52. The number of carboxylic acid groups (broad SMARTS) is 1. The molecule has 1 atom stereocenters. The van der Waals surface area contributed by atoms with Gasteiger partial charge >= 0.3 is 5.97 Å². The molecule has 0 aliphatic heterocycles. The molecule has 15 heavy (non-hydrogen) atoms. The van der Waals surface area contributed by atoms with Crippen LogP contribution in [0.25, 0.3) is 0 Å². The van der Waals surface area contributed by atoms with E-state index >= 15 is 0 Å². The number of halogens is 1. The Kier molecular flexibility index (Phi) is 3.79. The number of nitro benzene ring substituents is 1. The van der Waals surface area contributed by atoms with Gasteiger partial charge in [0.25, 0.3) is 5.69 Å². The predicted octanol–water partition coefficient (Wildman–Crippen LogP) is 1.99. The maximum absolute atomic E-state index is 10.5. The van der Waals surface area contributed by atoms with Gasteiger partial charge < -0.3 is 5.11 Å². The van der Waals surface area contributed by atoms with Gasteiger partial charge in [0, 0.05) is 12.1 Å². The highest BCUT2D eigenvalue weighted by Crippen LogP contribution is 2.16. The first-order chi connectivity index (χ1) is 7.00. The van der Waals surface area contributed by atoms with E-state index in [-0.39, 0.29) is 12.1 Å². The van der Waals surface area contributed by atoms with Gasteiger partial charge in [0.1, 0.15) is 4.83 Å². The second-order valence-electron chi connectivity index (χ2n) is 2.94. The molecule has 5 nitrogen and oxygen atoms in total. The predicted molar refractivity (Wildman–Crippen MR) is 57.2 cm³/mol. The van der Waals surface area contributed by atoms with Crippen LogP contribution in [0.1, 0.15) is 5.56 Å². The topological polar surface area (TPSA) is 80.4 Å². The molecule has 0 aliphatic rings. The van der Waals surface area contributed by atoms with Gasteiger partial charge in [-0.3, -0.25) is 14.9 Å². The quantitative estimate of drug-likeness (QED) is 0.517. The first kappa shape index (κ1) is 11.6. The second-order valence-corrected chi connectivity index (χ2v) is 4.04. The summed E-state index contributed by atoms with van der Waals surface area (Å²) >= 11 is 2.97. The Morgan fingerprint density at radius 3 is 2.80 bits per heavy atom. The van der Waals surface area contributed by atoms with Crippen LogP contribution >= 0.6 is 15.9 Å². The van der Waals surface area contributed by atoms with Crippen LogP contribution in [0.2, 0.25) is 0 Å². The maximum atomic E-state index is 10.5. The Morgan fingerprint density at radius 1 is 1.60 bits per heavy atom. The van der Waals surface area contributed by atoms with Crippen LogP contribution in [-0.2, 0) is 11.2 Å². The van der Waals surface area contributed by atoms with Crippen molar-refractivity contribution >= 4 is 27.6 Å². The minimum atomic E-state index is -0.985. The van der Waals surface area contributed by atoms with E-state index in [1.54, 1.807) is 6.07 Å². The Labute approximate surface area is 94.0 Å². The van der Waals surface area contributed by atoms with Crippen molar-refractivity contribution in [3.05, 3.63) is 39.9 Å². The number of rotatable bonds is 4. The van der Waals surface area contributed by atoms with Crippen molar-refractivity contribution in [1.29, 1.82) is 0 Å². The van der Waals surface area contributed by atoms with Crippen LogP contribution in [0.5, 0.6) is 0 Å². The summed E-state index contributed by atoms with van der Waals surface area (Å²) in [4.78, 5) is 19.8. The molecule has 1 rings (SSSR count). The standard InChI is InChI=1S/C9H8BrNO4/c10-8(9(12)13)5-6-2-1-3-7(4-6)11(14)15/h1-4,8H,5H2,(H,12,13)/t8-/m1/s1. The largest absolute Gasteiger partial charge is 0.480 e. The molecule has 0 amide bonds. The van der Waals surface area contributed by atoms with E-state index in [1.807, 2.05) is 0 Å². The SMILES string of the molecule is O=C(O)[C@H](Br)Cc1cccc([N+](=O)[O-])c1. The number of benzene rings is 1. The highest BCUT2D eigenvalue weighted by Gasteiger charge is 2.15. The van der Waals surface area contributed by atoms with Crippen molar-refractivity contribution in [2.75, 3.05) is 0 Å².